The van der Waals surface area contributed by atoms with Gasteiger partial charge in [-0.1, -0.05) is 37.6 Å². The Morgan fingerprint density at radius 1 is 1.50 bits per heavy atom. The van der Waals surface area contributed by atoms with E-state index in [1.807, 2.05) is 17.5 Å². The molecule has 0 saturated carbocycles. The lowest BCUT2D eigenvalue weighted by Gasteiger charge is -2.27. The van der Waals surface area contributed by atoms with Gasteiger partial charge in [-0.05, 0) is 12.0 Å². The lowest BCUT2D eigenvalue weighted by Crippen LogP contribution is -2.39. The number of thiazole rings is 1. The van der Waals surface area contributed by atoms with Crippen LogP contribution in [0.3, 0.4) is 0 Å². The number of benzene rings is 1. The molecule has 0 bridgehead atoms. The van der Waals surface area contributed by atoms with Gasteiger partial charge in [-0.25, -0.2) is 9.78 Å². The molecule has 24 heavy (non-hydrogen) atoms. The largest absolute Gasteiger partial charge is 0.492 e. The van der Waals surface area contributed by atoms with E-state index in [0.717, 1.165) is 22.7 Å². The first-order valence-electron chi connectivity index (χ1n) is 7.94. The van der Waals surface area contributed by atoms with Gasteiger partial charge in [0, 0.05) is 17.4 Å². The Hall–Kier alpha value is -1.79. The van der Waals surface area contributed by atoms with Crippen LogP contribution in [0.1, 0.15) is 48.5 Å². The van der Waals surface area contributed by atoms with Crippen molar-refractivity contribution >= 4 is 29.0 Å². The van der Waals surface area contributed by atoms with Crippen LogP contribution in [-0.4, -0.2) is 17.6 Å². The number of ether oxygens (including phenoxy) is 1. The first-order valence-corrected chi connectivity index (χ1v) is 9.20. The fourth-order valence-electron chi connectivity index (χ4n) is 2.57. The average Bonchev–Trinajstić information content (AvgIpc) is 3.03. The molecule has 1 atom stereocenters. The van der Waals surface area contributed by atoms with Crippen LogP contribution in [0.2, 0.25) is 5.02 Å². The molecule has 2 aromatic rings. The predicted molar refractivity (Wildman–Crippen MR) is 95.9 cm³/mol. The lowest BCUT2D eigenvalue weighted by molar-refractivity contribution is 0.223. The van der Waals surface area contributed by atoms with Crippen LogP contribution >= 0.6 is 22.9 Å². The van der Waals surface area contributed by atoms with Gasteiger partial charge >= 0.3 is 6.03 Å². The summed E-state index contributed by atoms with van der Waals surface area (Å²) in [6.07, 6.45) is 0.718. The Kier molecular flexibility index (Phi) is 5.26. The summed E-state index contributed by atoms with van der Waals surface area (Å²) in [5, 5.41) is 9.38. The molecule has 0 spiro atoms. The highest BCUT2D eigenvalue weighted by atomic mass is 35.5. The molecule has 2 heterocycles. The van der Waals surface area contributed by atoms with E-state index >= 15 is 0 Å². The van der Waals surface area contributed by atoms with Gasteiger partial charge in [-0.3, -0.25) is 0 Å². The number of nitrogens with one attached hydrogen (secondary N) is 2. The standard InChI is InChI=1S/C17H20ClN3O2S/c1-10(2)14-9-24-15(20-14)8-19-17(22)21-13-6-7-23-16-11(13)4-3-5-12(16)18/h3-5,9-10,13H,6-8H2,1-2H3,(H2,19,21,22). The van der Waals surface area contributed by atoms with E-state index in [9.17, 15) is 4.79 Å². The summed E-state index contributed by atoms with van der Waals surface area (Å²) in [5.74, 6) is 1.06. The quantitative estimate of drug-likeness (QED) is 0.851. The minimum absolute atomic E-state index is 0.102. The molecular formula is C17H20ClN3O2S. The molecule has 0 saturated heterocycles. The number of halogens is 1. The van der Waals surface area contributed by atoms with E-state index in [1.165, 1.54) is 0 Å². The van der Waals surface area contributed by atoms with Crippen LogP contribution in [0.4, 0.5) is 4.79 Å². The van der Waals surface area contributed by atoms with Crippen molar-refractivity contribution < 1.29 is 9.53 Å². The van der Waals surface area contributed by atoms with Gasteiger partial charge in [0.1, 0.15) is 10.8 Å². The summed E-state index contributed by atoms with van der Waals surface area (Å²) in [5.41, 5.74) is 1.98. The predicted octanol–water partition coefficient (Wildman–Crippen LogP) is 4.24. The molecule has 1 aliphatic heterocycles. The molecule has 1 aromatic carbocycles. The first kappa shape index (κ1) is 17.0. The van der Waals surface area contributed by atoms with Crippen LogP contribution in [0.25, 0.3) is 0 Å². The monoisotopic (exact) mass is 365 g/mol. The van der Waals surface area contributed by atoms with Crippen molar-refractivity contribution in [3.8, 4) is 5.75 Å². The highest BCUT2D eigenvalue weighted by molar-refractivity contribution is 7.09. The third-order valence-corrected chi connectivity index (χ3v) is 5.06. The van der Waals surface area contributed by atoms with Crippen LogP contribution < -0.4 is 15.4 Å². The fourth-order valence-corrected chi connectivity index (χ4v) is 3.70. The Morgan fingerprint density at radius 3 is 3.08 bits per heavy atom. The molecule has 1 aliphatic rings. The van der Waals surface area contributed by atoms with Crippen molar-refractivity contribution in [2.75, 3.05) is 6.61 Å². The summed E-state index contributed by atoms with van der Waals surface area (Å²) in [6, 6.07) is 5.27. The fraction of sp³-hybridized carbons (Fsp3) is 0.412. The Balaban J connectivity index is 1.59. The second-order valence-electron chi connectivity index (χ2n) is 6.00. The molecule has 0 aliphatic carbocycles. The van der Waals surface area contributed by atoms with Gasteiger partial charge in [-0.2, -0.15) is 0 Å². The first-order chi connectivity index (χ1) is 11.5. The Labute approximate surface area is 150 Å². The van der Waals surface area contributed by atoms with Crippen molar-refractivity contribution in [2.45, 2.75) is 38.8 Å². The molecular weight excluding hydrogens is 346 g/mol. The molecule has 5 nitrogen and oxygen atoms in total. The smallest absolute Gasteiger partial charge is 0.315 e. The van der Waals surface area contributed by atoms with E-state index < -0.39 is 0 Å². The van der Waals surface area contributed by atoms with Crippen LogP contribution in [0.5, 0.6) is 5.75 Å². The minimum Gasteiger partial charge on any atom is -0.492 e. The number of nitrogens with zero attached hydrogens (tertiary/aromatic N) is 1. The van der Waals surface area contributed by atoms with Gasteiger partial charge in [0.2, 0.25) is 0 Å². The molecule has 3 rings (SSSR count). The molecule has 0 radical (unpaired) electrons. The normalized spacial score (nSPS) is 16.4. The molecule has 2 N–H and O–H groups in total. The van der Waals surface area contributed by atoms with Crippen molar-refractivity contribution in [3.63, 3.8) is 0 Å². The number of hydrogen-bond donors (Lipinski definition) is 2. The number of para-hydroxylation sites is 1. The summed E-state index contributed by atoms with van der Waals surface area (Å²) in [6.45, 7) is 5.17. The summed E-state index contributed by atoms with van der Waals surface area (Å²) >= 11 is 7.72. The van der Waals surface area contributed by atoms with Gasteiger partial charge < -0.3 is 15.4 Å². The van der Waals surface area contributed by atoms with Crippen molar-refractivity contribution in [1.82, 2.24) is 15.6 Å². The SMILES string of the molecule is CC(C)c1csc(CNC(=O)NC2CCOc3c(Cl)cccc32)n1. The van der Waals surface area contributed by atoms with Crippen LogP contribution in [0.15, 0.2) is 23.6 Å². The summed E-state index contributed by atoms with van der Waals surface area (Å²) < 4.78 is 5.61. The van der Waals surface area contributed by atoms with Crippen LogP contribution in [-0.2, 0) is 6.54 Å². The Bertz CT molecular complexity index is 732. The van der Waals surface area contributed by atoms with Gasteiger partial charge in [0.15, 0.2) is 0 Å². The number of fused-ring (bicyclic) bond motifs is 1. The third-order valence-electron chi connectivity index (χ3n) is 3.89. The average molecular weight is 366 g/mol. The number of amides is 2. The zero-order valence-corrected chi connectivity index (χ0v) is 15.2. The number of carbonyl (C=O) groups is 1. The second kappa shape index (κ2) is 7.40. The molecule has 7 heteroatoms. The topological polar surface area (TPSA) is 63.2 Å². The number of aromatic nitrogens is 1. The lowest BCUT2D eigenvalue weighted by atomic mass is 10.0. The molecule has 1 unspecified atom stereocenters. The minimum atomic E-state index is -0.214. The van der Waals surface area contributed by atoms with Crippen molar-refractivity contribution in [1.29, 1.82) is 0 Å². The van der Waals surface area contributed by atoms with E-state index in [-0.39, 0.29) is 12.1 Å². The van der Waals surface area contributed by atoms with Gasteiger partial charge in [0.25, 0.3) is 0 Å². The molecule has 0 fully saturated rings. The van der Waals surface area contributed by atoms with Crippen molar-refractivity contribution in [3.05, 3.63) is 44.9 Å². The number of hydrogen-bond acceptors (Lipinski definition) is 4. The van der Waals surface area contributed by atoms with Gasteiger partial charge in [-0.15, -0.1) is 11.3 Å². The zero-order chi connectivity index (χ0) is 17.1. The Morgan fingerprint density at radius 2 is 2.33 bits per heavy atom. The maximum absolute atomic E-state index is 12.2. The van der Waals surface area contributed by atoms with Crippen molar-refractivity contribution in [2.24, 2.45) is 0 Å². The second-order valence-corrected chi connectivity index (χ2v) is 7.35. The highest BCUT2D eigenvalue weighted by Gasteiger charge is 2.24. The third kappa shape index (κ3) is 3.82. The molecule has 2 amide bonds. The van der Waals surface area contributed by atoms with E-state index in [0.29, 0.717) is 29.8 Å². The number of rotatable bonds is 4. The van der Waals surface area contributed by atoms with E-state index in [1.54, 1.807) is 17.4 Å². The maximum atomic E-state index is 12.2. The zero-order valence-electron chi connectivity index (χ0n) is 13.6. The number of carbonyl (C=O) groups excluding carboxylic acids is 1. The van der Waals surface area contributed by atoms with E-state index in [2.05, 4.69) is 29.5 Å². The summed E-state index contributed by atoms with van der Waals surface area (Å²) in [7, 11) is 0. The van der Waals surface area contributed by atoms with E-state index in [4.69, 9.17) is 16.3 Å². The highest BCUT2D eigenvalue weighted by Crippen LogP contribution is 2.37. The maximum Gasteiger partial charge on any atom is 0.315 e. The summed E-state index contributed by atoms with van der Waals surface area (Å²) in [4.78, 5) is 16.7. The molecule has 1 aromatic heterocycles. The van der Waals surface area contributed by atoms with Crippen LogP contribution in [0, 0.1) is 0 Å². The number of urea groups is 1. The molecule has 128 valence electrons. The van der Waals surface area contributed by atoms with Gasteiger partial charge in [0.05, 0.1) is 29.9 Å².